The second-order valence-electron chi connectivity index (χ2n) is 6.77. The number of carbonyl (C=O) groups is 1. The summed E-state index contributed by atoms with van der Waals surface area (Å²) >= 11 is 0. The van der Waals surface area contributed by atoms with Crippen LogP contribution in [0.25, 0.3) is 10.9 Å². The molecule has 24 heavy (non-hydrogen) atoms. The lowest BCUT2D eigenvalue weighted by atomic mass is 10.0. The first-order valence-electron chi connectivity index (χ1n) is 8.52. The maximum atomic E-state index is 13.0. The van der Waals surface area contributed by atoms with Gasteiger partial charge in [0.05, 0.1) is 17.2 Å². The SMILES string of the molecule is Cc1ccc2nc(C)cc(C(=O)N3CCN(CC(C)O)CC3)c2c1. The Labute approximate surface area is 142 Å². The molecular weight excluding hydrogens is 302 g/mol. The number of carbonyl (C=O) groups excluding carboxylic acids is 1. The molecule has 0 aliphatic carbocycles. The summed E-state index contributed by atoms with van der Waals surface area (Å²) in [5.74, 6) is 0.0767. The number of β-amino-alcohol motifs (C(OH)–C–C–N with tert-alkyl or cyclic N) is 1. The first kappa shape index (κ1) is 16.9. The molecule has 1 N–H and O–H groups in total. The van der Waals surface area contributed by atoms with Gasteiger partial charge in [-0.25, -0.2) is 0 Å². The molecule has 1 aliphatic rings. The molecule has 5 heteroatoms. The van der Waals surface area contributed by atoms with Crippen LogP contribution in [-0.4, -0.2) is 64.6 Å². The van der Waals surface area contributed by atoms with Gasteiger partial charge in [0, 0.05) is 43.8 Å². The molecule has 2 aromatic rings. The standard InChI is InChI=1S/C19H25N3O2/c1-13-4-5-18-16(10-13)17(11-14(2)20-18)19(24)22-8-6-21(7-9-22)12-15(3)23/h4-5,10-11,15,23H,6-9,12H2,1-3H3. The Hall–Kier alpha value is -1.98. The fourth-order valence-corrected chi connectivity index (χ4v) is 3.33. The second kappa shape index (κ2) is 6.87. The summed E-state index contributed by atoms with van der Waals surface area (Å²) in [4.78, 5) is 21.7. The zero-order chi connectivity index (χ0) is 17.3. The largest absolute Gasteiger partial charge is 0.392 e. The summed E-state index contributed by atoms with van der Waals surface area (Å²) in [6, 6.07) is 7.94. The molecular formula is C19H25N3O2. The Morgan fingerprint density at radius 2 is 1.92 bits per heavy atom. The lowest BCUT2D eigenvalue weighted by Crippen LogP contribution is -2.50. The highest BCUT2D eigenvalue weighted by molar-refractivity contribution is 6.06. The Kier molecular flexibility index (Phi) is 4.83. The van der Waals surface area contributed by atoms with Gasteiger partial charge < -0.3 is 10.0 Å². The first-order chi connectivity index (χ1) is 11.4. The second-order valence-corrected chi connectivity index (χ2v) is 6.77. The van der Waals surface area contributed by atoms with Gasteiger partial charge in [0.1, 0.15) is 0 Å². The molecule has 1 atom stereocenters. The van der Waals surface area contributed by atoms with E-state index < -0.39 is 0 Å². The van der Waals surface area contributed by atoms with Crippen molar-refractivity contribution in [2.45, 2.75) is 26.9 Å². The van der Waals surface area contributed by atoms with E-state index in [1.54, 1.807) is 6.92 Å². The van der Waals surface area contributed by atoms with Crippen LogP contribution in [0, 0.1) is 13.8 Å². The first-order valence-corrected chi connectivity index (χ1v) is 8.52. The summed E-state index contributed by atoms with van der Waals surface area (Å²) in [6.45, 7) is 9.42. The van der Waals surface area contributed by atoms with Crippen molar-refractivity contribution >= 4 is 16.8 Å². The van der Waals surface area contributed by atoms with Gasteiger partial charge in [0.25, 0.3) is 5.91 Å². The molecule has 0 bridgehead atoms. The lowest BCUT2D eigenvalue weighted by molar-refractivity contribution is 0.0555. The molecule has 1 aliphatic heterocycles. The van der Waals surface area contributed by atoms with Crippen molar-refractivity contribution in [2.75, 3.05) is 32.7 Å². The van der Waals surface area contributed by atoms with E-state index in [4.69, 9.17) is 0 Å². The number of aliphatic hydroxyl groups excluding tert-OH is 1. The fraction of sp³-hybridized carbons (Fsp3) is 0.474. The monoisotopic (exact) mass is 327 g/mol. The van der Waals surface area contributed by atoms with Gasteiger partial charge in [-0.15, -0.1) is 0 Å². The van der Waals surface area contributed by atoms with E-state index in [2.05, 4.69) is 9.88 Å². The molecule has 1 aromatic carbocycles. The zero-order valence-electron chi connectivity index (χ0n) is 14.6. The van der Waals surface area contributed by atoms with Crippen LogP contribution in [0.5, 0.6) is 0 Å². The molecule has 0 spiro atoms. The predicted octanol–water partition coefficient (Wildman–Crippen LogP) is 1.99. The summed E-state index contributed by atoms with van der Waals surface area (Å²) in [5.41, 5.74) is 3.60. The van der Waals surface area contributed by atoms with Crippen LogP contribution in [-0.2, 0) is 0 Å². The van der Waals surface area contributed by atoms with Crippen LogP contribution in [0.4, 0.5) is 0 Å². The Balaban J connectivity index is 1.83. The van der Waals surface area contributed by atoms with Crippen molar-refractivity contribution in [1.82, 2.24) is 14.8 Å². The number of rotatable bonds is 3. The maximum absolute atomic E-state index is 13.0. The quantitative estimate of drug-likeness (QED) is 0.937. The summed E-state index contributed by atoms with van der Waals surface area (Å²) in [7, 11) is 0. The molecule has 1 unspecified atom stereocenters. The third-order valence-electron chi connectivity index (χ3n) is 4.50. The highest BCUT2D eigenvalue weighted by Gasteiger charge is 2.24. The highest BCUT2D eigenvalue weighted by Crippen LogP contribution is 2.22. The van der Waals surface area contributed by atoms with E-state index in [1.807, 2.05) is 43.0 Å². The average Bonchev–Trinajstić information content (AvgIpc) is 2.54. The van der Waals surface area contributed by atoms with Crippen LogP contribution in [0.1, 0.15) is 28.5 Å². The third-order valence-corrected chi connectivity index (χ3v) is 4.50. The van der Waals surface area contributed by atoms with Crippen molar-refractivity contribution in [3.05, 3.63) is 41.1 Å². The van der Waals surface area contributed by atoms with Gasteiger partial charge in [-0.2, -0.15) is 0 Å². The van der Waals surface area contributed by atoms with Gasteiger partial charge in [-0.05, 0) is 39.0 Å². The minimum Gasteiger partial charge on any atom is -0.392 e. The number of piperazine rings is 1. The van der Waals surface area contributed by atoms with Gasteiger partial charge in [0.15, 0.2) is 0 Å². The van der Waals surface area contributed by atoms with E-state index in [-0.39, 0.29) is 12.0 Å². The molecule has 1 amide bonds. The fourth-order valence-electron chi connectivity index (χ4n) is 3.33. The third kappa shape index (κ3) is 3.57. The summed E-state index contributed by atoms with van der Waals surface area (Å²) in [5, 5.41) is 10.4. The molecule has 1 aromatic heterocycles. The van der Waals surface area contributed by atoms with Gasteiger partial charge >= 0.3 is 0 Å². The number of amides is 1. The van der Waals surface area contributed by atoms with Crippen molar-refractivity contribution in [1.29, 1.82) is 0 Å². The van der Waals surface area contributed by atoms with Crippen LogP contribution in [0.3, 0.4) is 0 Å². The Morgan fingerprint density at radius 3 is 2.58 bits per heavy atom. The molecule has 5 nitrogen and oxygen atoms in total. The summed E-state index contributed by atoms with van der Waals surface area (Å²) < 4.78 is 0. The van der Waals surface area contributed by atoms with Gasteiger partial charge in [0.2, 0.25) is 0 Å². The van der Waals surface area contributed by atoms with E-state index in [1.165, 1.54) is 0 Å². The van der Waals surface area contributed by atoms with Crippen molar-refractivity contribution < 1.29 is 9.90 Å². The van der Waals surface area contributed by atoms with E-state index in [0.29, 0.717) is 19.6 Å². The van der Waals surface area contributed by atoms with Crippen LogP contribution < -0.4 is 0 Å². The molecule has 2 heterocycles. The van der Waals surface area contributed by atoms with Gasteiger partial charge in [-0.1, -0.05) is 11.6 Å². The van der Waals surface area contributed by atoms with E-state index in [9.17, 15) is 9.90 Å². The number of aliphatic hydroxyl groups is 1. The number of nitrogens with zero attached hydrogens (tertiary/aromatic N) is 3. The Morgan fingerprint density at radius 1 is 1.21 bits per heavy atom. The summed E-state index contributed by atoms with van der Waals surface area (Å²) in [6.07, 6.45) is -0.331. The topological polar surface area (TPSA) is 56.7 Å². The zero-order valence-corrected chi connectivity index (χ0v) is 14.6. The molecule has 128 valence electrons. The van der Waals surface area contributed by atoms with Crippen molar-refractivity contribution in [3.63, 3.8) is 0 Å². The smallest absolute Gasteiger partial charge is 0.254 e. The molecule has 1 fully saturated rings. The van der Waals surface area contributed by atoms with Gasteiger partial charge in [-0.3, -0.25) is 14.7 Å². The minimum absolute atomic E-state index is 0.0767. The number of hydrogen-bond acceptors (Lipinski definition) is 4. The number of hydrogen-bond donors (Lipinski definition) is 1. The van der Waals surface area contributed by atoms with Crippen molar-refractivity contribution in [3.8, 4) is 0 Å². The normalized spacial score (nSPS) is 17.2. The van der Waals surface area contributed by atoms with E-state index >= 15 is 0 Å². The molecule has 1 saturated heterocycles. The number of fused-ring (bicyclic) bond motifs is 1. The predicted molar refractivity (Wildman–Crippen MR) is 95.2 cm³/mol. The van der Waals surface area contributed by atoms with Crippen LogP contribution >= 0.6 is 0 Å². The highest BCUT2D eigenvalue weighted by atomic mass is 16.3. The average molecular weight is 327 g/mol. The Bertz CT molecular complexity index is 750. The number of benzene rings is 1. The maximum Gasteiger partial charge on any atom is 0.254 e. The van der Waals surface area contributed by atoms with E-state index in [0.717, 1.165) is 40.8 Å². The number of aryl methyl sites for hydroxylation is 2. The number of pyridine rings is 1. The lowest BCUT2D eigenvalue weighted by Gasteiger charge is -2.35. The van der Waals surface area contributed by atoms with Crippen LogP contribution in [0.15, 0.2) is 24.3 Å². The number of aromatic nitrogens is 1. The molecule has 0 radical (unpaired) electrons. The van der Waals surface area contributed by atoms with Crippen LogP contribution in [0.2, 0.25) is 0 Å². The molecule has 0 saturated carbocycles. The van der Waals surface area contributed by atoms with Crippen molar-refractivity contribution in [2.24, 2.45) is 0 Å². The molecule has 3 rings (SSSR count). The minimum atomic E-state index is -0.331.